The molecule has 0 bridgehead atoms. The number of ether oxygens (including phenoxy) is 2. The maximum Gasteiger partial charge on any atom is 0.172 e. The number of aldehydes is 1. The molecular weight excluding hydrogens is 360 g/mol. The highest BCUT2D eigenvalue weighted by Crippen LogP contribution is 2.60. The molecule has 3 fully saturated rings. The van der Waals surface area contributed by atoms with Crippen LogP contribution in [0.3, 0.4) is 0 Å². The Morgan fingerprint density at radius 3 is 2.68 bits per heavy atom. The molecule has 28 heavy (non-hydrogen) atoms. The predicted molar refractivity (Wildman–Crippen MR) is 100 cm³/mol. The van der Waals surface area contributed by atoms with Crippen LogP contribution in [-0.4, -0.2) is 48.1 Å². The summed E-state index contributed by atoms with van der Waals surface area (Å²) in [6.07, 6.45) is 5.33. The fraction of sp³-hybridized carbons (Fsp3) is 0.773. The molecule has 1 saturated heterocycles. The lowest BCUT2D eigenvalue weighted by Crippen LogP contribution is -2.59. The molecule has 0 amide bonds. The Kier molecular flexibility index (Phi) is 5.09. The third kappa shape index (κ3) is 3.01. The number of hydrogen-bond donors (Lipinski definition) is 1. The lowest BCUT2D eigenvalue weighted by atomic mass is 9.49. The number of Topliss-reactive ketones (excluding diaryl/α,β-unsaturated/α-hetero) is 2. The van der Waals surface area contributed by atoms with Gasteiger partial charge in [-0.15, -0.1) is 0 Å². The first kappa shape index (κ1) is 19.9. The molecule has 6 unspecified atom stereocenters. The summed E-state index contributed by atoms with van der Waals surface area (Å²) in [5.74, 6) is -2.39. The van der Waals surface area contributed by atoms with Crippen molar-refractivity contribution < 1.29 is 29.0 Å². The highest BCUT2D eigenvalue weighted by atomic mass is 16.7. The number of ketones is 2. The largest absolute Gasteiger partial charge is 0.392 e. The maximum atomic E-state index is 13.3. The molecule has 1 spiro atoms. The van der Waals surface area contributed by atoms with Crippen LogP contribution in [0.5, 0.6) is 0 Å². The average molecular weight is 390 g/mol. The van der Waals surface area contributed by atoms with Gasteiger partial charge in [0.1, 0.15) is 17.9 Å². The van der Waals surface area contributed by atoms with E-state index in [4.69, 9.17) is 9.47 Å². The van der Waals surface area contributed by atoms with Crippen molar-refractivity contribution in [3.63, 3.8) is 0 Å². The smallest absolute Gasteiger partial charge is 0.172 e. The minimum absolute atomic E-state index is 0.000919. The Morgan fingerprint density at radius 1 is 1.32 bits per heavy atom. The number of aliphatic hydroxyl groups excluding tert-OH is 1. The zero-order valence-electron chi connectivity index (χ0n) is 16.7. The fourth-order valence-corrected chi connectivity index (χ4v) is 6.20. The van der Waals surface area contributed by atoms with E-state index in [1.807, 2.05) is 0 Å². The van der Waals surface area contributed by atoms with Crippen molar-refractivity contribution in [1.82, 2.24) is 0 Å². The summed E-state index contributed by atoms with van der Waals surface area (Å²) >= 11 is 0. The Labute approximate surface area is 165 Å². The van der Waals surface area contributed by atoms with Gasteiger partial charge < -0.3 is 24.2 Å². The fourth-order valence-electron chi connectivity index (χ4n) is 6.20. The molecule has 0 radical (unpaired) electrons. The van der Waals surface area contributed by atoms with Gasteiger partial charge in [-0.25, -0.2) is 0 Å². The molecule has 2 saturated carbocycles. The summed E-state index contributed by atoms with van der Waals surface area (Å²) in [6, 6.07) is 0. The first-order valence-corrected chi connectivity index (χ1v) is 10.5. The molecule has 6 atom stereocenters. The van der Waals surface area contributed by atoms with Crippen LogP contribution in [0, 0.1) is 29.1 Å². The summed E-state index contributed by atoms with van der Waals surface area (Å²) in [5.41, 5.74) is 0.839. The Bertz CT molecular complexity index is 706. The molecule has 1 N–H and O–H groups in total. The first-order chi connectivity index (χ1) is 13.3. The van der Waals surface area contributed by atoms with Gasteiger partial charge in [-0.2, -0.15) is 0 Å². The van der Waals surface area contributed by atoms with Crippen molar-refractivity contribution >= 4 is 17.9 Å². The average Bonchev–Trinajstić information content (AvgIpc) is 3.11. The number of carbonyl (C=O) groups is 3. The second kappa shape index (κ2) is 7.15. The molecule has 0 aromatic heterocycles. The minimum Gasteiger partial charge on any atom is -0.392 e. The lowest BCUT2D eigenvalue weighted by molar-refractivity contribution is -0.191. The highest BCUT2D eigenvalue weighted by molar-refractivity contribution is 5.89. The molecule has 6 nitrogen and oxygen atoms in total. The van der Waals surface area contributed by atoms with E-state index in [1.165, 1.54) is 12.5 Å². The van der Waals surface area contributed by atoms with Gasteiger partial charge in [0.15, 0.2) is 5.79 Å². The summed E-state index contributed by atoms with van der Waals surface area (Å²) in [7, 11) is 0. The molecule has 154 valence electrons. The van der Waals surface area contributed by atoms with E-state index < -0.39 is 23.7 Å². The second-order valence-corrected chi connectivity index (χ2v) is 9.25. The number of fused-ring (bicyclic) bond motifs is 3. The van der Waals surface area contributed by atoms with Crippen molar-refractivity contribution in [2.75, 3.05) is 13.2 Å². The van der Waals surface area contributed by atoms with E-state index in [2.05, 4.69) is 13.0 Å². The van der Waals surface area contributed by atoms with Crippen LogP contribution in [0.1, 0.15) is 52.4 Å². The van der Waals surface area contributed by atoms with Crippen LogP contribution in [0.2, 0.25) is 0 Å². The van der Waals surface area contributed by atoms with Crippen LogP contribution >= 0.6 is 0 Å². The molecule has 6 heteroatoms. The number of rotatable bonds is 4. The van der Waals surface area contributed by atoms with Crippen LogP contribution in [0.4, 0.5) is 0 Å². The third-order valence-corrected chi connectivity index (χ3v) is 7.74. The van der Waals surface area contributed by atoms with Crippen LogP contribution in [0.15, 0.2) is 11.6 Å². The normalized spacial score (nSPS) is 41.9. The number of aliphatic hydroxyl groups is 1. The van der Waals surface area contributed by atoms with Crippen molar-refractivity contribution in [3.8, 4) is 0 Å². The summed E-state index contributed by atoms with van der Waals surface area (Å²) in [4.78, 5) is 36.6. The van der Waals surface area contributed by atoms with Gasteiger partial charge in [0.25, 0.3) is 0 Å². The summed E-state index contributed by atoms with van der Waals surface area (Å²) in [5, 5.41) is 11.2. The molecule has 4 rings (SSSR count). The topological polar surface area (TPSA) is 89.9 Å². The van der Waals surface area contributed by atoms with E-state index in [9.17, 15) is 19.5 Å². The van der Waals surface area contributed by atoms with Crippen molar-refractivity contribution in [3.05, 3.63) is 11.6 Å². The van der Waals surface area contributed by atoms with Crippen molar-refractivity contribution in [2.24, 2.45) is 29.1 Å². The van der Waals surface area contributed by atoms with Gasteiger partial charge in [0, 0.05) is 37.0 Å². The lowest BCUT2D eigenvalue weighted by Gasteiger charge is -2.56. The van der Waals surface area contributed by atoms with E-state index in [1.54, 1.807) is 0 Å². The van der Waals surface area contributed by atoms with E-state index >= 15 is 0 Å². The number of hydrogen-bond acceptors (Lipinski definition) is 6. The van der Waals surface area contributed by atoms with Gasteiger partial charge in [0.05, 0.1) is 25.2 Å². The van der Waals surface area contributed by atoms with Crippen LogP contribution in [-0.2, 0) is 23.9 Å². The van der Waals surface area contributed by atoms with Gasteiger partial charge in [-0.05, 0) is 31.6 Å². The highest BCUT2D eigenvalue weighted by Gasteiger charge is 2.60. The number of allylic oxidation sites excluding steroid dienone is 1. The van der Waals surface area contributed by atoms with E-state index in [0.717, 1.165) is 19.1 Å². The summed E-state index contributed by atoms with van der Waals surface area (Å²) in [6.45, 7) is 4.81. The third-order valence-electron chi connectivity index (χ3n) is 7.74. The Hall–Kier alpha value is -1.37. The van der Waals surface area contributed by atoms with Crippen LogP contribution < -0.4 is 0 Å². The molecule has 1 aliphatic heterocycles. The first-order valence-electron chi connectivity index (χ1n) is 10.5. The van der Waals surface area contributed by atoms with Crippen molar-refractivity contribution in [1.29, 1.82) is 0 Å². The molecule has 4 aliphatic rings. The van der Waals surface area contributed by atoms with Gasteiger partial charge in [0.2, 0.25) is 0 Å². The molecule has 1 heterocycles. The SMILES string of the molecule is CC(=O)CCC1C(=O)C2CC=C3CC4(CCC3(C)C2C(O)C1C=O)OCCO4. The van der Waals surface area contributed by atoms with Crippen molar-refractivity contribution in [2.45, 2.75) is 64.3 Å². The standard InChI is InChI=1S/C22H30O6/c1-13(24)3-5-15-17(12-23)20(26)18-16(19(15)25)6-4-14-11-22(27-9-10-28-22)8-7-21(14,18)2/h4,12,15-18,20,26H,3,5-11H2,1-2H3. The van der Waals surface area contributed by atoms with Gasteiger partial charge in [-0.3, -0.25) is 4.79 Å². The van der Waals surface area contributed by atoms with Gasteiger partial charge in [-0.1, -0.05) is 18.6 Å². The summed E-state index contributed by atoms with van der Waals surface area (Å²) < 4.78 is 11.8. The molecule has 0 aromatic carbocycles. The van der Waals surface area contributed by atoms with E-state index in [-0.39, 0.29) is 35.2 Å². The molecule has 0 aromatic rings. The Balaban J connectivity index is 1.64. The van der Waals surface area contributed by atoms with E-state index in [0.29, 0.717) is 32.5 Å². The maximum absolute atomic E-state index is 13.3. The minimum atomic E-state index is -0.870. The second-order valence-electron chi connectivity index (χ2n) is 9.25. The quantitative estimate of drug-likeness (QED) is 0.585. The predicted octanol–water partition coefficient (Wildman–Crippen LogP) is 2.23. The monoisotopic (exact) mass is 390 g/mol. The van der Waals surface area contributed by atoms with Crippen LogP contribution in [0.25, 0.3) is 0 Å². The zero-order chi connectivity index (χ0) is 20.1. The van der Waals surface area contributed by atoms with Gasteiger partial charge >= 0.3 is 0 Å². The Morgan fingerprint density at radius 2 is 2.04 bits per heavy atom. The zero-order valence-corrected chi connectivity index (χ0v) is 16.7. The number of carbonyl (C=O) groups excluding carboxylic acids is 3. The molecular formula is C22H30O6. The molecule has 3 aliphatic carbocycles.